The van der Waals surface area contributed by atoms with Crippen LogP contribution in [0.2, 0.25) is 10.2 Å². The summed E-state index contributed by atoms with van der Waals surface area (Å²) in [6.45, 7) is 3.86. The predicted molar refractivity (Wildman–Crippen MR) is 83.6 cm³/mol. The van der Waals surface area contributed by atoms with Crippen molar-refractivity contribution in [3.05, 3.63) is 44.2 Å². The van der Waals surface area contributed by atoms with E-state index in [9.17, 15) is 0 Å². The molecule has 1 heterocycles. The number of anilines is 2. The quantitative estimate of drug-likeness (QED) is 0.768. The number of hydrogen-bond acceptors (Lipinski definition) is 3. The van der Waals surface area contributed by atoms with Crippen LogP contribution in [0.15, 0.2) is 22.7 Å². The third-order valence-electron chi connectivity index (χ3n) is 2.65. The molecule has 0 saturated carbocycles. The van der Waals surface area contributed by atoms with Crippen LogP contribution in [0.25, 0.3) is 0 Å². The Bertz CT molecular complexity index is 617. The molecule has 2 aromatic rings. The van der Waals surface area contributed by atoms with E-state index in [1.54, 1.807) is 0 Å². The van der Waals surface area contributed by atoms with Gasteiger partial charge in [0.15, 0.2) is 0 Å². The predicted octanol–water partition coefficient (Wildman–Crippen LogP) is 5.16. The molecule has 2 rings (SSSR count). The zero-order chi connectivity index (χ0) is 14.0. The molecule has 0 fully saturated rings. The molecule has 100 valence electrons. The van der Waals surface area contributed by atoms with E-state index in [-0.39, 0.29) is 0 Å². The van der Waals surface area contributed by atoms with Crippen LogP contribution in [0.5, 0.6) is 0 Å². The minimum atomic E-state index is 0.465. The summed E-state index contributed by atoms with van der Waals surface area (Å²) in [5.74, 6) is 1.40. The number of halogens is 3. The van der Waals surface area contributed by atoms with Gasteiger partial charge < -0.3 is 5.32 Å². The average Bonchev–Trinajstić information content (AvgIpc) is 2.39. The number of nitrogens with zero attached hydrogens (tertiary/aromatic N) is 2. The van der Waals surface area contributed by atoms with Gasteiger partial charge in [-0.05, 0) is 35.0 Å². The van der Waals surface area contributed by atoms with Crippen LogP contribution in [0.4, 0.5) is 11.5 Å². The number of nitrogens with one attached hydrogen (secondary N) is 1. The van der Waals surface area contributed by atoms with Gasteiger partial charge in [-0.15, -0.1) is 0 Å². The van der Waals surface area contributed by atoms with Crippen LogP contribution >= 0.6 is 39.1 Å². The Kier molecular flexibility index (Phi) is 4.66. The smallest absolute Gasteiger partial charge is 0.138 e. The van der Waals surface area contributed by atoms with Crippen molar-refractivity contribution in [3.8, 4) is 0 Å². The maximum atomic E-state index is 6.11. The summed E-state index contributed by atoms with van der Waals surface area (Å²) < 4.78 is 0.795. The number of benzene rings is 1. The molecule has 0 saturated heterocycles. The van der Waals surface area contributed by atoms with E-state index < -0.39 is 0 Å². The lowest BCUT2D eigenvalue weighted by atomic mass is 10.3. The molecular weight excluding hydrogens is 349 g/mol. The third kappa shape index (κ3) is 3.19. The molecular formula is C13H12BrCl2N3. The van der Waals surface area contributed by atoms with E-state index >= 15 is 0 Å². The van der Waals surface area contributed by atoms with Gasteiger partial charge in [0.2, 0.25) is 0 Å². The minimum absolute atomic E-state index is 0.465. The Morgan fingerprint density at radius 2 is 2.00 bits per heavy atom. The molecule has 6 heteroatoms. The van der Waals surface area contributed by atoms with Gasteiger partial charge in [0.25, 0.3) is 0 Å². The maximum absolute atomic E-state index is 6.11. The van der Waals surface area contributed by atoms with Crippen molar-refractivity contribution in [2.45, 2.75) is 20.3 Å². The molecule has 0 amide bonds. The normalized spacial score (nSPS) is 10.6. The molecule has 0 aliphatic heterocycles. The molecule has 0 bridgehead atoms. The van der Waals surface area contributed by atoms with Crippen molar-refractivity contribution in [2.75, 3.05) is 5.32 Å². The van der Waals surface area contributed by atoms with Gasteiger partial charge in [-0.3, -0.25) is 0 Å². The summed E-state index contributed by atoms with van der Waals surface area (Å²) >= 11 is 15.6. The van der Waals surface area contributed by atoms with Crippen molar-refractivity contribution < 1.29 is 0 Å². The maximum Gasteiger partial charge on any atom is 0.138 e. The first-order chi connectivity index (χ1) is 9.02. The summed E-state index contributed by atoms with van der Waals surface area (Å²) in [7, 11) is 0. The summed E-state index contributed by atoms with van der Waals surface area (Å²) in [4.78, 5) is 8.66. The monoisotopic (exact) mass is 359 g/mol. The van der Waals surface area contributed by atoms with E-state index in [2.05, 4.69) is 31.2 Å². The molecule has 0 unspecified atom stereocenters. The Labute approximate surface area is 130 Å². The number of aryl methyl sites for hydroxylation is 1. The molecule has 0 atom stereocenters. The average molecular weight is 361 g/mol. The highest BCUT2D eigenvalue weighted by atomic mass is 79.9. The van der Waals surface area contributed by atoms with Gasteiger partial charge in [0.05, 0.1) is 15.2 Å². The lowest BCUT2D eigenvalue weighted by Crippen LogP contribution is -2.03. The summed E-state index contributed by atoms with van der Waals surface area (Å²) in [6.07, 6.45) is 0.728. The van der Waals surface area contributed by atoms with Crippen molar-refractivity contribution in [1.29, 1.82) is 0 Å². The topological polar surface area (TPSA) is 37.8 Å². The van der Waals surface area contributed by atoms with Crippen LogP contribution < -0.4 is 5.32 Å². The first-order valence-corrected chi connectivity index (χ1v) is 7.31. The largest absolute Gasteiger partial charge is 0.339 e. The summed E-state index contributed by atoms with van der Waals surface area (Å²) in [5, 5.41) is 4.33. The molecule has 0 aliphatic rings. The molecule has 1 aromatic heterocycles. The molecule has 0 radical (unpaired) electrons. The second-order valence-corrected chi connectivity index (χ2v) is 5.54. The SMILES string of the molecule is CCc1nc(Cl)c(C)c(Nc2cccc(Cl)c2Br)n1. The van der Waals surface area contributed by atoms with Gasteiger partial charge in [0.1, 0.15) is 16.8 Å². The highest BCUT2D eigenvalue weighted by Gasteiger charge is 2.11. The van der Waals surface area contributed by atoms with Crippen molar-refractivity contribution in [3.63, 3.8) is 0 Å². The molecule has 1 N–H and O–H groups in total. The molecule has 19 heavy (non-hydrogen) atoms. The van der Waals surface area contributed by atoms with Gasteiger partial charge in [0, 0.05) is 12.0 Å². The van der Waals surface area contributed by atoms with Crippen LogP contribution in [0, 0.1) is 6.92 Å². The standard InChI is InChI=1S/C13H12BrCl2N3/c1-3-10-18-12(16)7(2)13(19-10)17-9-6-4-5-8(15)11(9)14/h4-6H,3H2,1-2H3,(H,17,18,19). The fraction of sp³-hybridized carbons (Fsp3) is 0.231. The first-order valence-electron chi connectivity index (χ1n) is 5.77. The Morgan fingerprint density at radius 1 is 1.26 bits per heavy atom. The highest BCUT2D eigenvalue weighted by molar-refractivity contribution is 9.10. The van der Waals surface area contributed by atoms with E-state index in [0.717, 1.165) is 22.1 Å². The lowest BCUT2D eigenvalue weighted by Gasteiger charge is -2.12. The van der Waals surface area contributed by atoms with Crippen LogP contribution in [-0.2, 0) is 6.42 Å². The first kappa shape index (κ1) is 14.6. The third-order valence-corrected chi connectivity index (χ3v) is 4.42. The van der Waals surface area contributed by atoms with Crippen molar-refractivity contribution >= 4 is 50.6 Å². The number of rotatable bonds is 3. The molecule has 0 aliphatic carbocycles. The molecule has 1 aromatic carbocycles. The van der Waals surface area contributed by atoms with Crippen molar-refractivity contribution in [1.82, 2.24) is 9.97 Å². The fourth-order valence-corrected chi connectivity index (χ4v) is 2.27. The Balaban J connectivity index is 2.43. The van der Waals surface area contributed by atoms with E-state index in [1.165, 1.54) is 0 Å². The molecule has 0 spiro atoms. The minimum Gasteiger partial charge on any atom is -0.339 e. The summed E-state index contributed by atoms with van der Waals surface area (Å²) in [5.41, 5.74) is 1.65. The lowest BCUT2D eigenvalue weighted by molar-refractivity contribution is 0.934. The Morgan fingerprint density at radius 3 is 2.68 bits per heavy atom. The molecule has 3 nitrogen and oxygen atoms in total. The number of aromatic nitrogens is 2. The van der Waals surface area contributed by atoms with Crippen molar-refractivity contribution in [2.24, 2.45) is 0 Å². The van der Waals surface area contributed by atoms with E-state index in [4.69, 9.17) is 23.2 Å². The van der Waals surface area contributed by atoms with E-state index in [0.29, 0.717) is 21.8 Å². The van der Waals surface area contributed by atoms with E-state index in [1.807, 2.05) is 32.0 Å². The van der Waals surface area contributed by atoms with Gasteiger partial charge in [-0.2, -0.15) is 0 Å². The Hall–Kier alpha value is -0.840. The highest BCUT2D eigenvalue weighted by Crippen LogP contribution is 2.33. The number of hydrogen-bond donors (Lipinski definition) is 1. The van der Waals surface area contributed by atoms with Gasteiger partial charge >= 0.3 is 0 Å². The second-order valence-electron chi connectivity index (χ2n) is 3.98. The van der Waals surface area contributed by atoms with Gasteiger partial charge in [-0.25, -0.2) is 9.97 Å². The zero-order valence-corrected chi connectivity index (χ0v) is 13.6. The van der Waals surface area contributed by atoms with Crippen LogP contribution in [-0.4, -0.2) is 9.97 Å². The van der Waals surface area contributed by atoms with Gasteiger partial charge in [-0.1, -0.05) is 36.2 Å². The summed E-state index contributed by atoms with van der Waals surface area (Å²) in [6, 6.07) is 5.60. The second kappa shape index (κ2) is 6.07. The van der Waals surface area contributed by atoms with Crippen LogP contribution in [0.3, 0.4) is 0 Å². The van der Waals surface area contributed by atoms with Crippen LogP contribution in [0.1, 0.15) is 18.3 Å². The fourth-order valence-electron chi connectivity index (χ4n) is 1.54. The zero-order valence-electron chi connectivity index (χ0n) is 10.5.